The van der Waals surface area contributed by atoms with Gasteiger partial charge in [-0.15, -0.1) is 0 Å². The summed E-state index contributed by atoms with van der Waals surface area (Å²) >= 11 is 0. The Morgan fingerprint density at radius 3 is 2.58 bits per heavy atom. The summed E-state index contributed by atoms with van der Waals surface area (Å²) in [6, 6.07) is 13.9. The van der Waals surface area contributed by atoms with Gasteiger partial charge in [-0.25, -0.2) is 13.3 Å². The van der Waals surface area contributed by atoms with Gasteiger partial charge in [0.05, 0.1) is 29.7 Å². The summed E-state index contributed by atoms with van der Waals surface area (Å²) in [6.45, 7) is 4.32. The van der Waals surface area contributed by atoms with Crippen LogP contribution in [0.3, 0.4) is 0 Å². The van der Waals surface area contributed by atoms with E-state index in [9.17, 15) is 14.0 Å². The molecule has 0 saturated heterocycles. The number of amides is 1. The third kappa shape index (κ3) is 5.09. The molecule has 0 bridgehead atoms. The van der Waals surface area contributed by atoms with Crippen molar-refractivity contribution in [2.75, 3.05) is 5.32 Å². The zero-order valence-corrected chi connectivity index (χ0v) is 24.2. The van der Waals surface area contributed by atoms with E-state index in [0.717, 1.165) is 46.6 Å². The molecule has 3 aromatic carbocycles. The molecule has 226 valence electrons. The third-order valence-corrected chi connectivity index (χ3v) is 7.49. The fourth-order valence-electron chi connectivity index (χ4n) is 5.57. The van der Waals surface area contributed by atoms with Gasteiger partial charge in [0.25, 0.3) is 11.5 Å². The van der Waals surface area contributed by atoms with E-state index >= 15 is 4.39 Å². The Morgan fingerprint density at radius 1 is 1.02 bits per heavy atom. The molecule has 10 nitrogen and oxygen atoms in total. The average molecular weight is 609 g/mol. The van der Waals surface area contributed by atoms with Crippen molar-refractivity contribution in [1.82, 2.24) is 24.5 Å². The van der Waals surface area contributed by atoms with Crippen molar-refractivity contribution in [1.29, 1.82) is 0 Å². The van der Waals surface area contributed by atoms with Crippen LogP contribution >= 0.6 is 0 Å². The monoisotopic (exact) mass is 608 g/mol. The molecule has 0 atom stereocenters. The quantitative estimate of drug-likeness (QED) is 0.211. The minimum atomic E-state index is -0.757. The normalized spacial score (nSPS) is 12.2. The maximum absolute atomic E-state index is 15.5. The number of halogens is 2. The molecule has 0 radical (unpaired) electrons. The number of anilines is 1. The number of aromatic amines is 1. The smallest absolute Gasteiger partial charge is 0.270 e. The lowest BCUT2D eigenvalue weighted by Crippen LogP contribution is -2.29. The number of hydrogen-bond donors (Lipinski definition) is 2. The molecule has 4 heterocycles. The molecule has 1 aliphatic rings. The number of aryl methyl sites for hydroxylation is 2. The van der Waals surface area contributed by atoms with E-state index in [1.54, 1.807) is 32.4 Å². The van der Waals surface area contributed by atoms with Gasteiger partial charge in [-0.1, -0.05) is 0 Å². The molecular weight excluding hydrogens is 582 g/mol. The van der Waals surface area contributed by atoms with E-state index in [0.29, 0.717) is 11.4 Å². The zero-order valence-electron chi connectivity index (χ0n) is 24.2. The van der Waals surface area contributed by atoms with E-state index < -0.39 is 23.1 Å². The number of H-pyrrole nitrogens is 1. The number of nitrogens with one attached hydrogen (secondary N) is 2. The first-order chi connectivity index (χ1) is 21.8. The summed E-state index contributed by atoms with van der Waals surface area (Å²) in [7, 11) is 0. The standard InChI is InChI=1S/C33H26F2N6O4/c1-18(2)44-29-10-8-25(33(43)41(29)23-6-3-21(34)4-7-23)32(42)39-22-5-9-27(26(35)14-22)45-28-13-19-17-38-40-12-11-24(31(19)40)30(28)20-15-36-37-16-20/h3-10,13-18H,11-12H2,1-2H3,(H,36,37)(H,39,42). The van der Waals surface area contributed by atoms with Crippen LogP contribution < -0.4 is 20.3 Å². The van der Waals surface area contributed by atoms with Crippen LogP contribution in [-0.4, -0.2) is 36.6 Å². The Balaban J connectivity index is 1.18. The van der Waals surface area contributed by atoms with Crippen LogP contribution in [0.4, 0.5) is 14.5 Å². The summed E-state index contributed by atoms with van der Waals surface area (Å²) in [4.78, 5) is 26.7. The van der Waals surface area contributed by atoms with Crippen LogP contribution in [0.2, 0.25) is 0 Å². The van der Waals surface area contributed by atoms with E-state index in [4.69, 9.17) is 9.47 Å². The number of nitrogens with zero attached hydrogens (tertiary/aromatic N) is 4. The number of aromatic nitrogens is 5. The molecule has 0 unspecified atom stereocenters. The van der Waals surface area contributed by atoms with Crippen LogP contribution in [0, 0.1) is 11.6 Å². The summed E-state index contributed by atoms with van der Waals surface area (Å²) in [5.74, 6) is -1.38. The van der Waals surface area contributed by atoms with Crippen molar-refractivity contribution >= 4 is 22.5 Å². The number of carbonyl (C=O) groups excluding carboxylic acids is 1. The highest BCUT2D eigenvalue weighted by Gasteiger charge is 2.25. The summed E-state index contributed by atoms with van der Waals surface area (Å²) < 4.78 is 44.1. The number of ether oxygens (including phenoxy) is 2. The first-order valence-electron chi connectivity index (χ1n) is 14.2. The number of pyridine rings is 1. The maximum atomic E-state index is 15.5. The van der Waals surface area contributed by atoms with Gasteiger partial charge in [-0.2, -0.15) is 10.2 Å². The first kappa shape index (κ1) is 28.0. The van der Waals surface area contributed by atoms with Crippen molar-refractivity contribution in [2.45, 2.75) is 32.9 Å². The van der Waals surface area contributed by atoms with E-state index in [1.165, 1.54) is 53.1 Å². The SMILES string of the molecule is CC(C)Oc1ccc(C(=O)Nc2ccc(Oc3cc4cnn5c4c(c3-c3cn[nH]c3)CC5)c(F)c2)c(=O)n1-c1ccc(F)cc1. The third-order valence-electron chi connectivity index (χ3n) is 7.49. The van der Waals surface area contributed by atoms with E-state index in [2.05, 4.69) is 20.6 Å². The molecular formula is C33H26F2N6O4. The number of carbonyl (C=O) groups is 1. The summed E-state index contributed by atoms with van der Waals surface area (Å²) in [6.07, 6.45) is 5.67. The Morgan fingerprint density at radius 2 is 1.84 bits per heavy atom. The lowest BCUT2D eigenvalue weighted by molar-refractivity contribution is 0.102. The highest BCUT2D eigenvalue weighted by atomic mass is 19.1. The van der Waals surface area contributed by atoms with Gasteiger partial charge < -0.3 is 14.8 Å². The highest BCUT2D eigenvalue weighted by Crippen LogP contribution is 2.43. The molecule has 1 amide bonds. The molecule has 0 spiro atoms. The molecule has 12 heteroatoms. The number of hydrogen-bond acceptors (Lipinski definition) is 6. The molecule has 0 fully saturated rings. The highest BCUT2D eigenvalue weighted by molar-refractivity contribution is 6.04. The molecule has 45 heavy (non-hydrogen) atoms. The molecule has 7 rings (SSSR count). The van der Waals surface area contributed by atoms with Gasteiger partial charge in [-0.3, -0.25) is 19.4 Å². The van der Waals surface area contributed by atoms with Crippen molar-refractivity contribution < 1.29 is 23.0 Å². The fourth-order valence-corrected chi connectivity index (χ4v) is 5.57. The van der Waals surface area contributed by atoms with Crippen molar-refractivity contribution in [2.24, 2.45) is 0 Å². The minimum Gasteiger partial charge on any atom is -0.476 e. The van der Waals surface area contributed by atoms with Gasteiger partial charge in [-0.05, 0) is 80.4 Å². The zero-order chi connectivity index (χ0) is 31.2. The van der Waals surface area contributed by atoms with E-state index in [-0.39, 0.29) is 29.0 Å². The topological polar surface area (TPSA) is 116 Å². The second-order valence-corrected chi connectivity index (χ2v) is 10.8. The molecule has 0 saturated carbocycles. The predicted octanol–water partition coefficient (Wildman–Crippen LogP) is 6.24. The van der Waals surface area contributed by atoms with Gasteiger partial charge in [0, 0.05) is 41.0 Å². The van der Waals surface area contributed by atoms with Crippen LogP contribution in [0.1, 0.15) is 29.8 Å². The maximum Gasteiger partial charge on any atom is 0.270 e. The number of rotatable bonds is 8. The van der Waals surface area contributed by atoms with Gasteiger partial charge in [0.2, 0.25) is 5.88 Å². The molecule has 1 aliphatic heterocycles. The second-order valence-electron chi connectivity index (χ2n) is 10.8. The van der Waals surface area contributed by atoms with Crippen molar-refractivity contribution in [3.05, 3.63) is 112 Å². The van der Waals surface area contributed by atoms with Gasteiger partial charge in [0.15, 0.2) is 11.6 Å². The van der Waals surface area contributed by atoms with Gasteiger partial charge >= 0.3 is 0 Å². The molecule has 2 N–H and O–H groups in total. The van der Waals surface area contributed by atoms with Crippen LogP contribution in [0.15, 0.2) is 84.0 Å². The second kappa shape index (κ2) is 11.1. The Hall–Kier alpha value is -5.78. The molecule has 0 aliphatic carbocycles. The summed E-state index contributed by atoms with van der Waals surface area (Å²) in [5, 5.41) is 14.8. The molecule has 6 aromatic rings. The van der Waals surface area contributed by atoms with Crippen LogP contribution in [0.25, 0.3) is 27.7 Å². The fraction of sp³-hybridized carbons (Fsp3) is 0.152. The summed E-state index contributed by atoms with van der Waals surface area (Å²) in [5.41, 5.74) is 3.19. The number of benzene rings is 3. The largest absolute Gasteiger partial charge is 0.476 e. The average Bonchev–Trinajstić information content (AvgIpc) is 3.77. The van der Waals surface area contributed by atoms with Crippen molar-refractivity contribution in [3.63, 3.8) is 0 Å². The van der Waals surface area contributed by atoms with Gasteiger partial charge in [0.1, 0.15) is 17.1 Å². The minimum absolute atomic E-state index is 0.0523. The van der Waals surface area contributed by atoms with E-state index in [1.807, 2.05) is 10.7 Å². The lowest BCUT2D eigenvalue weighted by Gasteiger charge is -2.17. The Labute approximate surface area is 254 Å². The Kier molecular flexibility index (Phi) is 6.88. The van der Waals surface area contributed by atoms with Crippen LogP contribution in [0.5, 0.6) is 17.4 Å². The first-order valence-corrected chi connectivity index (χ1v) is 14.2. The lowest BCUT2D eigenvalue weighted by atomic mass is 9.98. The predicted molar refractivity (Wildman–Crippen MR) is 163 cm³/mol. The molecule has 3 aromatic heterocycles. The van der Waals surface area contributed by atoms with Crippen LogP contribution in [-0.2, 0) is 13.0 Å². The van der Waals surface area contributed by atoms with Crippen molar-refractivity contribution in [3.8, 4) is 34.2 Å². The Bertz CT molecular complexity index is 2140.